The van der Waals surface area contributed by atoms with Crippen LogP contribution in [0.15, 0.2) is 4.42 Å². The molecule has 0 radical (unpaired) electrons. The molecule has 1 N–H and O–H groups in total. The summed E-state index contributed by atoms with van der Waals surface area (Å²) in [6.45, 7) is 9.18. The zero-order valence-electron chi connectivity index (χ0n) is 9.18. The van der Waals surface area contributed by atoms with E-state index in [2.05, 4.69) is 4.98 Å². The van der Waals surface area contributed by atoms with E-state index in [0.717, 1.165) is 0 Å². The normalized spacial score (nSPS) is 13.4. The molecular formula is C10H16ClNO2. The minimum atomic E-state index is -1.07. The molecule has 1 aromatic rings. The Morgan fingerprint density at radius 3 is 1.93 bits per heavy atom. The highest BCUT2D eigenvalue weighted by Gasteiger charge is 2.29. The second-order valence-corrected chi connectivity index (χ2v) is 5.29. The first kappa shape index (κ1) is 11.5. The SMILES string of the molecule is CC(C)(C)c1nc(C(C)(C)O)c(Cl)o1. The Morgan fingerprint density at radius 2 is 1.71 bits per heavy atom. The van der Waals surface area contributed by atoms with Gasteiger partial charge >= 0.3 is 0 Å². The molecule has 0 aliphatic heterocycles. The zero-order valence-corrected chi connectivity index (χ0v) is 9.94. The first-order chi connectivity index (χ1) is 6.12. The van der Waals surface area contributed by atoms with Crippen LogP contribution in [-0.4, -0.2) is 10.1 Å². The first-order valence-electron chi connectivity index (χ1n) is 4.52. The molecule has 0 atom stereocenters. The lowest BCUT2D eigenvalue weighted by Crippen LogP contribution is -2.18. The topological polar surface area (TPSA) is 46.3 Å². The fourth-order valence-electron chi connectivity index (χ4n) is 1.000. The van der Waals surface area contributed by atoms with Crippen LogP contribution >= 0.6 is 11.6 Å². The van der Waals surface area contributed by atoms with Crippen LogP contribution in [0.1, 0.15) is 46.2 Å². The molecular weight excluding hydrogens is 202 g/mol. The smallest absolute Gasteiger partial charge is 0.220 e. The van der Waals surface area contributed by atoms with E-state index in [0.29, 0.717) is 11.6 Å². The fourth-order valence-corrected chi connectivity index (χ4v) is 1.35. The van der Waals surface area contributed by atoms with E-state index in [1.807, 2.05) is 20.8 Å². The number of rotatable bonds is 1. The van der Waals surface area contributed by atoms with Gasteiger partial charge in [0, 0.05) is 5.41 Å². The molecule has 0 aromatic carbocycles. The van der Waals surface area contributed by atoms with Crippen molar-refractivity contribution in [3.63, 3.8) is 0 Å². The van der Waals surface area contributed by atoms with Crippen LogP contribution in [0.2, 0.25) is 5.22 Å². The molecule has 1 heterocycles. The number of aromatic nitrogens is 1. The third-order valence-electron chi connectivity index (χ3n) is 1.81. The molecule has 3 nitrogen and oxygen atoms in total. The van der Waals surface area contributed by atoms with Gasteiger partial charge in [0.05, 0.1) is 0 Å². The maximum absolute atomic E-state index is 9.74. The van der Waals surface area contributed by atoms with E-state index in [1.54, 1.807) is 13.8 Å². The molecule has 0 fully saturated rings. The van der Waals surface area contributed by atoms with Crippen molar-refractivity contribution < 1.29 is 9.52 Å². The van der Waals surface area contributed by atoms with Gasteiger partial charge in [-0.3, -0.25) is 0 Å². The maximum atomic E-state index is 9.74. The van der Waals surface area contributed by atoms with Crippen LogP contribution in [0.3, 0.4) is 0 Å². The second kappa shape index (κ2) is 3.24. The molecule has 0 aliphatic rings. The molecule has 0 unspecified atom stereocenters. The van der Waals surface area contributed by atoms with Crippen molar-refractivity contribution in [3.8, 4) is 0 Å². The number of nitrogens with zero attached hydrogens (tertiary/aromatic N) is 1. The Kier molecular flexibility index (Phi) is 2.67. The van der Waals surface area contributed by atoms with Crippen LogP contribution in [0.25, 0.3) is 0 Å². The Balaban J connectivity index is 3.19. The summed E-state index contributed by atoms with van der Waals surface area (Å²) in [5, 5.41) is 9.91. The van der Waals surface area contributed by atoms with E-state index >= 15 is 0 Å². The quantitative estimate of drug-likeness (QED) is 0.787. The Bertz CT molecular complexity index is 331. The van der Waals surface area contributed by atoms with Crippen molar-refractivity contribution in [3.05, 3.63) is 16.8 Å². The lowest BCUT2D eigenvalue weighted by atomic mass is 9.97. The summed E-state index contributed by atoms with van der Waals surface area (Å²) in [5.74, 6) is 0.541. The van der Waals surface area contributed by atoms with Gasteiger partial charge in [-0.2, -0.15) is 0 Å². The number of halogens is 1. The Hall–Kier alpha value is -0.540. The van der Waals surface area contributed by atoms with Crippen LogP contribution in [0, 0.1) is 0 Å². The summed E-state index contributed by atoms with van der Waals surface area (Å²) in [7, 11) is 0. The van der Waals surface area contributed by atoms with Gasteiger partial charge in [0.1, 0.15) is 11.3 Å². The molecule has 14 heavy (non-hydrogen) atoms. The Morgan fingerprint density at radius 1 is 1.21 bits per heavy atom. The molecule has 0 saturated heterocycles. The molecule has 0 bridgehead atoms. The summed E-state index contributed by atoms with van der Waals surface area (Å²) in [6.07, 6.45) is 0. The molecule has 1 aromatic heterocycles. The Labute approximate surface area is 89.1 Å². The van der Waals surface area contributed by atoms with Gasteiger partial charge in [-0.1, -0.05) is 20.8 Å². The maximum Gasteiger partial charge on any atom is 0.220 e. The van der Waals surface area contributed by atoms with Crippen molar-refractivity contribution >= 4 is 11.6 Å². The average Bonchev–Trinajstić information content (AvgIpc) is 2.27. The lowest BCUT2D eigenvalue weighted by molar-refractivity contribution is 0.0738. The van der Waals surface area contributed by atoms with Gasteiger partial charge in [-0.05, 0) is 25.4 Å². The monoisotopic (exact) mass is 217 g/mol. The number of oxazole rings is 1. The van der Waals surface area contributed by atoms with Crippen molar-refractivity contribution in [2.75, 3.05) is 0 Å². The van der Waals surface area contributed by atoms with Gasteiger partial charge in [0.15, 0.2) is 0 Å². The van der Waals surface area contributed by atoms with Gasteiger partial charge in [-0.15, -0.1) is 0 Å². The van der Waals surface area contributed by atoms with Gasteiger partial charge in [-0.25, -0.2) is 4.98 Å². The molecule has 4 heteroatoms. The van der Waals surface area contributed by atoms with Crippen molar-refractivity contribution in [2.45, 2.75) is 45.6 Å². The summed E-state index contributed by atoms with van der Waals surface area (Å²) in [4.78, 5) is 4.20. The molecule has 0 saturated carbocycles. The van der Waals surface area contributed by atoms with Crippen LogP contribution in [-0.2, 0) is 11.0 Å². The van der Waals surface area contributed by atoms with E-state index in [1.165, 1.54) is 0 Å². The van der Waals surface area contributed by atoms with Crippen LogP contribution < -0.4 is 0 Å². The highest BCUT2D eigenvalue weighted by molar-refractivity contribution is 6.29. The first-order valence-corrected chi connectivity index (χ1v) is 4.90. The molecule has 0 spiro atoms. The molecule has 1 rings (SSSR count). The van der Waals surface area contributed by atoms with Crippen LogP contribution in [0.4, 0.5) is 0 Å². The van der Waals surface area contributed by atoms with Crippen molar-refractivity contribution in [1.29, 1.82) is 0 Å². The largest absolute Gasteiger partial charge is 0.428 e. The van der Waals surface area contributed by atoms with Gasteiger partial charge in [0.25, 0.3) is 0 Å². The van der Waals surface area contributed by atoms with E-state index in [-0.39, 0.29) is 10.6 Å². The lowest BCUT2D eigenvalue weighted by Gasteiger charge is -2.14. The summed E-state index contributed by atoms with van der Waals surface area (Å²) >= 11 is 5.85. The molecule has 80 valence electrons. The van der Waals surface area contributed by atoms with Crippen molar-refractivity contribution in [1.82, 2.24) is 4.98 Å². The van der Waals surface area contributed by atoms with E-state index < -0.39 is 5.60 Å². The van der Waals surface area contributed by atoms with E-state index in [9.17, 15) is 5.11 Å². The standard InChI is InChI=1S/C10H16ClNO2/c1-9(2,3)8-12-6(7(11)14-8)10(4,5)13/h13H,1-5H3. The van der Waals surface area contributed by atoms with Gasteiger partial charge in [0.2, 0.25) is 11.1 Å². The van der Waals surface area contributed by atoms with E-state index in [4.69, 9.17) is 16.0 Å². The zero-order chi connectivity index (χ0) is 11.1. The summed E-state index contributed by atoms with van der Waals surface area (Å²) < 4.78 is 5.30. The predicted molar refractivity (Wildman–Crippen MR) is 55.5 cm³/mol. The minimum Gasteiger partial charge on any atom is -0.428 e. The van der Waals surface area contributed by atoms with Crippen molar-refractivity contribution in [2.24, 2.45) is 0 Å². The number of aliphatic hydroxyl groups is 1. The summed E-state index contributed by atoms with van der Waals surface area (Å²) in [6, 6.07) is 0. The van der Waals surface area contributed by atoms with Gasteiger partial charge < -0.3 is 9.52 Å². The minimum absolute atomic E-state index is 0.169. The summed E-state index contributed by atoms with van der Waals surface area (Å²) in [5.41, 5.74) is -0.874. The average molecular weight is 218 g/mol. The molecule has 0 amide bonds. The van der Waals surface area contributed by atoms with Crippen LogP contribution in [0.5, 0.6) is 0 Å². The third-order valence-corrected chi connectivity index (χ3v) is 2.06. The third kappa shape index (κ3) is 2.28. The second-order valence-electron chi connectivity index (χ2n) is 4.95. The predicted octanol–water partition coefficient (Wildman–Crippen LogP) is 2.85. The highest BCUT2D eigenvalue weighted by Crippen LogP contribution is 2.32. The fraction of sp³-hybridized carbons (Fsp3) is 0.700. The highest BCUT2D eigenvalue weighted by atomic mass is 35.5. The molecule has 0 aliphatic carbocycles. The number of hydrogen-bond donors (Lipinski definition) is 1. The number of hydrogen-bond acceptors (Lipinski definition) is 3.